The summed E-state index contributed by atoms with van der Waals surface area (Å²) in [6.07, 6.45) is 0. The number of hydrogen-bond donors (Lipinski definition) is 1. The molecule has 0 atom stereocenters. The quantitative estimate of drug-likeness (QED) is 0.582. The van der Waals surface area contributed by atoms with Crippen molar-refractivity contribution >= 4 is 22.5 Å². The molecule has 6 nitrogen and oxygen atoms in total. The number of ether oxygens (including phenoxy) is 2. The van der Waals surface area contributed by atoms with E-state index in [0.717, 1.165) is 22.2 Å². The van der Waals surface area contributed by atoms with Crippen molar-refractivity contribution in [3.63, 3.8) is 0 Å². The molecule has 0 fully saturated rings. The number of nitrogens with one attached hydrogen (secondary N) is 1. The highest BCUT2D eigenvalue weighted by molar-refractivity contribution is 6.07. The molecule has 2 heterocycles. The van der Waals surface area contributed by atoms with Gasteiger partial charge in [0.2, 0.25) is 6.79 Å². The Labute approximate surface area is 150 Å². The van der Waals surface area contributed by atoms with Gasteiger partial charge in [0.05, 0.1) is 16.8 Å². The van der Waals surface area contributed by atoms with Crippen LogP contribution in [0.15, 0.2) is 53.6 Å². The van der Waals surface area contributed by atoms with Crippen LogP contribution in [0.5, 0.6) is 11.5 Å². The number of amides is 1. The summed E-state index contributed by atoms with van der Waals surface area (Å²) in [5, 5.41) is 5.03. The van der Waals surface area contributed by atoms with Gasteiger partial charge in [0.25, 0.3) is 5.91 Å². The third kappa shape index (κ3) is 2.97. The van der Waals surface area contributed by atoms with E-state index < -0.39 is 0 Å². The molecule has 0 unspecified atom stereocenters. The van der Waals surface area contributed by atoms with Gasteiger partial charge in [-0.25, -0.2) is 5.43 Å². The zero-order valence-electron chi connectivity index (χ0n) is 14.4. The lowest BCUT2D eigenvalue weighted by atomic mass is 10.1. The number of fused-ring (bicyclic) bond motifs is 2. The van der Waals surface area contributed by atoms with Gasteiger partial charge in [0, 0.05) is 16.6 Å². The molecular weight excluding hydrogens is 330 g/mol. The van der Waals surface area contributed by atoms with Gasteiger partial charge < -0.3 is 9.47 Å². The maximum atomic E-state index is 12.6. The number of pyridine rings is 1. The van der Waals surface area contributed by atoms with Crippen molar-refractivity contribution in [2.75, 3.05) is 6.79 Å². The predicted octanol–water partition coefficient (Wildman–Crippen LogP) is 3.43. The Kier molecular flexibility index (Phi) is 4.01. The van der Waals surface area contributed by atoms with Crippen molar-refractivity contribution in [1.29, 1.82) is 0 Å². The van der Waals surface area contributed by atoms with Gasteiger partial charge >= 0.3 is 0 Å². The number of hydrazone groups is 1. The van der Waals surface area contributed by atoms with Crippen LogP contribution in [0, 0.1) is 6.92 Å². The third-order valence-corrected chi connectivity index (χ3v) is 4.20. The van der Waals surface area contributed by atoms with Crippen LogP contribution in [-0.2, 0) is 0 Å². The molecule has 3 aromatic rings. The van der Waals surface area contributed by atoms with Gasteiger partial charge in [0.15, 0.2) is 11.5 Å². The highest BCUT2D eigenvalue weighted by atomic mass is 16.7. The van der Waals surface area contributed by atoms with E-state index in [4.69, 9.17) is 9.47 Å². The van der Waals surface area contributed by atoms with Crippen molar-refractivity contribution in [2.24, 2.45) is 5.10 Å². The Morgan fingerprint density at radius 3 is 2.81 bits per heavy atom. The molecule has 6 heteroatoms. The second kappa shape index (κ2) is 6.48. The van der Waals surface area contributed by atoms with Gasteiger partial charge in [-0.1, -0.05) is 18.2 Å². The van der Waals surface area contributed by atoms with Crippen LogP contribution < -0.4 is 14.9 Å². The fourth-order valence-electron chi connectivity index (χ4n) is 2.88. The summed E-state index contributed by atoms with van der Waals surface area (Å²) in [6, 6.07) is 14.9. The van der Waals surface area contributed by atoms with E-state index in [1.165, 1.54) is 0 Å². The Morgan fingerprint density at radius 1 is 1.12 bits per heavy atom. The van der Waals surface area contributed by atoms with Crippen LogP contribution >= 0.6 is 0 Å². The van der Waals surface area contributed by atoms with Gasteiger partial charge in [-0.3, -0.25) is 9.78 Å². The summed E-state index contributed by atoms with van der Waals surface area (Å²) in [6.45, 7) is 3.91. The van der Waals surface area contributed by atoms with Gasteiger partial charge in [0.1, 0.15) is 0 Å². The third-order valence-electron chi connectivity index (χ3n) is 4.20. The minimum Gasteiger partial charge on any atom is -0.454 e. The molecule has 0 bridgehead atoms. The summed E-state index contributed by atoms with van der Waals surface area (Å²) in [5.41, 5.74) is 6.28. The smallest absolute Gasteiger partial charge is 0.272 e. The van der Waals surface area contributed by atoms with E-state index >= 15 is 0 Å². The first-order chi connectivity index (χ1) is 12.6. The highest BCUT2D eigenvalue weighted by Crippen LogP contribution is 2.32. The number of rotatable bonds is 3. The number of carbonyl (C=O) groups is 1. The monoisotopic (exact) mass is 347 g/mol. The van der Waals surface area contributed by atoms with Crippen LogP contribution in [-0.4, -0.2) is 23.4 Å². The molecule has 1 aromatic heterocycles. The van der Waals surface area contributed by atoms with E-state index in [0.29, 0.717) is 22.8 Å². The van der Waals surface area contributed by atoms with Crippen LogP contribution in [0.3, 0.4) is 0 Å². The average molecular weight is 347 g/mol. The van der Waals surface area contributed by atoms with E-state index in [2.05, 4.69) is 15.5 Å². The maximum Gasteiger partial charge on any atom is 0.272 e. The molecule has 0 spiro atoms. The number of nitrogens with zero attached hydrogens (tertiary/aromatic N) is 2. The van der Waals surface area contributed by atoms with E-state index in [9.17, 15) is 4.79 Å². The fraction of sp³-hybridized carbons (Fsp3) is 0.150. The lowest BCUT2D eigenvalue weighted by molar-refractivity contribution is 0.0956. The number of benzene rings is 2. The standard InChI is InChI=1S/C20H17N3O3/c1-12-9-16(15-5-3-4-6-17(15)21-12)20(24)23-22-13(2)14-7-8-18-19(10-14)26-11-25-18/h3-10H,11H2,1-2H3,(H,23,24). The first-order valence-electron chi connectivity index (χ1n) is 8.23. The summed E-state index contributed by atoms with van der Waals surface area (Å²) in [4.78, 5) is 17.1. The molecule has 0 saturated carbocycles. The molecular formula is C20H17N3O3. The topological polar surface area (TPSA) is 72.8 Å². The van der Waals surface area contributed by atoms with Crippen molar-refractivity contribution in [3.05, 3.63) is 65.4 Å². The minimum atomic E-state index is -0.271. The Morgan fingerprint density at radius 2 is 1.92 bits per heavy atom. The number of hydrogen-bond acceptors (Lipinski definition) is 5. The SMILES string of the molecule is CC(=NNC(=O)c1cc(C)nc2ccccc12)c1ccc2c(c1)OCO2. The summed E-state index contributed by atoms with van der Waals surface area (Å²) >= 11 is 0. The van der Waals surface area contributed by atoms with Crippen molar-refractivity contribution in [2.45, 2.75) is 13.8 Å². The van der Waals surface area contributed by atoms with Gasteiger partial charge in [-0.2, -0.15) is 5.10 Å². The summed E-state index contributed by atoms with van der Waals surface area (Å²) in [5.74, 6) is 1.12. The lowest BCUT2D eigenvalue weighted by Crippen LogP contribution is -2.20. The molecule has 1 aliphatic heterocycles. The number of para-hydroxylation sites is 1. The first-order valence-corrected chi connectivity index (χ1v) is 8.23. The average Bonchev–Trinajstić information content (AvgIpc) is 3.12. The number of aryl methyl sites for hydroxylation is 1. The lowest BCUT2D eigenvalue weighted by Gasteiger charge is -2.07. The molecule has 1 aliphatic rings. The minimum absolute atomic E-state index is 0.222. The van der Waals surface area contributed by atoms with Crippen LogP contribution in [0.1, 0.15) is 28.5 Å². The van der Waals surface area contributed by atoms with E-state index in [-0.39, 0.29) is 12.7 Å². The van der Waals surface area contributed by atoms with Crippen LogP contribution in [0.25, 0.3) is 10.9 Å². The van der Waals surface area contributed by atoms with E-state index in [1.807, 2.05) is 56.3 Å². The highest BCUT2D eigenvalue weighted by Gasteiger charge is 2.15. The van der Waals surface area contributed by atoms with Crippen molar-refractivity contribution < 1.29 is 14.3 Å². The largest absolute Gasteiger partial charge is 0.454 e. The second-order valence-corrected chi connectivity index (χ2v) is 6.03. The molecule has 2 aromatic carbocycles. The van der Waals surface area contributed by atoms with Crippen molar-refractivity contribution in [1.82, 2.24) is 10.4 Å². The Bertz CT molecular complexity index is 1040. The van der Waals surface area contributed by atoms with Crippen LogP contribution in [0.4, 0.5) is 0 Å². The molecule has 0 radical (unpaired) electrons. The van der Waals surface area contributed by atoms with Crippen molar-refractivity contribution in [3.8, 4) is 11.5 Å². The molecule has 130 valence electrons. The zero-order valence-corrected chi connectivity index (χ0v) is 14.4. The van der Waals surface area contributed by atoms with Crippen LogP contribution in [0.2, 0.25) is 0 Å². The molecule has 26 heavy (non-hydrogen) atoms. The molecule has 0 saturated heterocycles. The molecule has 1 N–H and O–H groups in total. The second-order valence-electron chi connectivity index (χ2n) is 6.03. The molecule has 1 amide bonds. The Hall–Kier alpha value is -3.41. The van der Waals surface area contributed by atoms with E-state index in [1.54, 1.807) is 6.07 Å². The molecule has 0 aliphatic carbocycles. The predicted molar refractivity (Wildman–Crippen MR) is 98.7 cm³/mol. The first kappa shape index (κ1) is 16.1. The molecule has 4 rings (SSSR count). The zero-order chi connectivity index (χ0) is 18.1. The number of aromatic nitrogens is 1. The van der Waals surface area contributed by atoms with Gasteiger partial charge in [-0.05, 0) is 44.2 Å². The summed E-state index contributed by atoms with van der Waals surface area (Å²) < 4.78 is 10.7. The van der Waals surface area contributed by atoms with Gasteiger partial charge in [-0.15, -0.1) is 0 Å². The Balaban J connectivity index is 1.60. The fourth-order valence-corrected chi connectivity index (χ4v) is 2.88. The number of carbonyl (C=O) groups excluding carboxylic acids is 1. The maximum absolute atomic E-state index is 12.6. The summed E-state index contributed by atoms with van der Waals surface area (Å²) in [7, 11) is 0. The normalized spacial score (nSPS) is 13.1.